The van der Waals surface area contributed by atoms with Crippen molar-refractivity contribution in [2.45, 2.75) is 79.8 Å². The highest BCUT2D eigenvalue weighted by Crippen LogP contribution is 2.32. The van der Waals surface area contributed by atoms with Gasteiger partial charge in [-0.05, 0) is 25.7 Å². The van der Waals surface area contributed by atoms with Crippen molar-refractivity contribution < 1.29 is 28.5 Å². The van der Waals surface area contributed by atoms with E-state index >= 15 is 0 Å². The van der Waals surface area contributed by atoms with E-state index in [0.29, 0.717) is 52.1 Å². The van der Waals surface area contributed by atoms with Crippen LogP contribution in [0.4, 0.5) is 0 Å². The summed E-state index contributed by atoms with van der Waals surface area (Å²) >= 11 is 0. The minimum Gasteiger partial charge on any atom is -0.369 e. The van der Waals surface area contributed by atoms with Crippen LogP contribution in [0, 0.1) is 23.7 Å². The third-order valence-electron chi connectivity index (χ3n) is 5.27. The van der Waals surface area contributed by atoms with Crippen molar-refractivity contribution in [3.05, 3.63) is 0 Å². The lowest BCUT2D eigenvalue weighted by Crippen LogP contribution is -2.35. The molecule has 8 nitrogen and oxygen atoms in total. The van der Waals surface area contributed by atoms with Crippen molar-refractivity contribution in [2.75, 3.05) is 26.4 Å². The summed E-state index contributed by atoms with van der Waals surface area (Å²) in [6.45, 7) is 14.1. The number of carbonyl (C=O) groups excluding carboxylic acids is 2. The molecule has 0 aliphatic carbocycles. The van der Waals surface area contributed by atoms with Crippen LogP contribution in [-0.4, -0.2) is 50.8 Å². The second-order valence-corrected chi connectivity index (χ2v) is 7.27. The third kappa shape index (κ3) is 9.73. The van der Waals surface area contributed by atoms with Crippen LogP contribution >= 0.6 is 0 Å². The summed E-state index contributed by atoms with van der Waals surface area (Å²) in [4.78, 5) is 23.7. The van der Waals surface area contributed by atoms with Crippen LogP contribution in [-0.2, 0) is 28.5 Å². The molecule has 2 aliphatic rings. The molecule has 0 radical (unpaired) electrons. The zero-order valence-corrected chi connectivity index (χ0v) is 19.7. The molecule has 0 bridgehead atoms. The summed E-state index contributed by atoms with van der Waals surface area (Å²) in [7, 11) is 0. The van der Waals surface area contributed by atoms with Crippen molar-refractivity contribution >= 4 is 11.8 Å². The SMILES string of the molecule is CC.CC.CCC(CC(CC(CC(C)C1OCCO1)C(N)=O)C1OCCO1)C(N)=O. The predicted octanol–water partition coefficient (Wildman–Crippen LogP) is 2.82. The lowest BCUT2D eigenvalue weighted by atomic mass is 9.81. The summed E-state index contributed by atoms with van der Waals surface area (Å²) in [6.07, 6.45) is 1.46. The molecular weight excluding hydrogens is 388 g/mol. The molecule has 2 fully saturated rings. The summed E-state index contributed by atoms with van der Waals surface area (Å²) in [6, 6.07) is 0. The van der Waals surface area contributed by atoms with Crippen LogP contribution in [0.2, 0.25) is 0 Å². The minimum atomic E-state index is -0.431. The topological polar surface area (TPSA) is 123 Å². The highest BCUT2D eigenvalue weighted by molar-refractivity contribution is 5.77. The first-order valence-corrected chi connectivity index (χ1v) is 11.5. The van der Waals surface area contributed by atoms with E-state index in [-0.39, 0.29) is 41.8 Å². The molecule has 0 aromatic rings. The third-order valence-corrected chi connectivity index (χ3v) is 5.27. The van der Waals surface area contributed by atoms with Crippen molar-refractivity contribution in [3.63, 3.8) is 0 Å². The Morgan fingerprint density at radius 1 is 0.767 bits per heavy atom. The monoisotopic (exact) mass is 432 g/mol. The van der Waals surface area contributed by atoms with Gasteiger partial charge in [0.1, 0.15) is 0 Å². The van der Waals surface area contributed by atoms with E-state index in [1.807, 2.05) is 41.5 Å². The molecule has 4 unspecified atom stereocenters. The first-order valence-electron chi connectivity index (χ1n) is 11.5. The average molecular weight is 433 g/mol. The first-order chi connectivity index (χ1) is 14.4. The van der Waals surface area contributed by atoms with E-state index in [0.717, 1.165) is 0 Å². The van der Waals surface area contributed by atoms with E-state index < -0.39 is 6.29 Å². The lowest BCUT2D eigenvalue weighted by Gasteiger charge is -2.29. The van der Waals surface area contributed by atoms with Gasteiger partial charge in [-0.3, -0.25) is 9.59 Å². The summed E-state index contributed by atoms with van der Waals surface area (Å²) in [5.74, 6) is -1.44. The fraction of sp³-hybridized carbons (Fsp3) is 0.909. The van der Waals surface area contributed by atoms with Gasteiger partial charge in [0.25, 0.3) is 0 Å². The second-order valence-electron chi connectivity index (χ2n) is 7.27. The lowest BCUT2D eigenvalue weighted by molar-refractivity contribution is -0.131. The maximum Gasteiger partial charge on any atom is 0.220 e. The Bertz CT molecular complexity index is 465. The molecule has 0 aromatic carbocycles. The number of amides is 2. The molecule has 2 amide bonds. The second kappa shape index (κ2) is 16.5. The van der Waals surface area contributed by atoms with Gasteiger partial charge in [-0.2, -0.15) is 0 Å². The molecule has 2 saturated heterocycles. The van der Waals surface area contributed by atoms with Gasteiger partial charge in [0.15, 0.2) is 12.6 Å². The molecule has 2 heterocycles. The van der Waals surface area contributed by atoms with E-state index in [4.69, 9.17) is 30.4 Å². The van der Waals surface area contributed by atoms with Crippen LogP contribution in [0.5, 0.6) is 0 Å². The molecule has 8 heteroatoms. The molecule has 2 rings (SSSR count). The zero-order valence-electron chi connectivity index (χ0n) is 19.7. The standard InChI is InChI=1S/C18H32N2O6.2C2H6/c1-3-12(15(19)21)9-14(18-25-6-7-26-18)10-13(16(20)22)8-11(2)17-23-4-5-24-17;2*1-2/h11-14,17-18H,3-10H2,1-2H3,(H2,19,21)(H2,20,22);2*1-2H3. The maximum absolute atomic E-state index is 12.1. The zero-order chi connectivity index (χ0) is 23.1. The Balaban J connectivity index is 0.00000198. The molecule has 0 saturated carbocycles. The van der Waals surface area contributed by atoms with E-state index in [1.54, 1.807) is 0 Å². The number of primary amides is 2. The van der Waals surface area contributed by atoms with Crippen molar-refractivity contribution in [1.82, 2.24) is 0 Å². The fourth-order valence-corrected chi connectivity index (χ4v) is 3.78. The van der Waals surface area contributed by atoms with Gasteiger partial charge in [0, 0.05) is 23.7 Å². The van der Waals surface area contributed by atoms with Crippen LogP contribution in [0.15, 0.2) is 0 Å². The smallest absolute Gasteiger partial charge is 0.220 e. The fourth-order valence-electron chi connectivity index (χ4n) is 3.78. The first kappa shape index (κ1) is 28.8. The number of hydrogen-bond donors (Lipinski definition) is 2. The van der Waals surface area contributed by atoms with Crippen molar-refractivity contribution in [3.8, 4) is 0 Å². The Morgan fingerprint density at radius 3 is 1.57 bits per heavy atom. The van der Waals surface area contributed by atoms with Crippen LogP contribution < -0.4 is 11.5 Å². The predicted molar refractivity (Wildman–Crippen MR) is 116 cm³/mol. The molecule has 0 spiro atoms. The number of nitrogens with two attached hydrogens (primary N) is 2. The molecule has 2 aliphatic heterocycles. The van der Waals surface area contributed by atoms with Gasteiger partial charge >= 0.3 is 0 Å². The number of ether oxygens (including phenoxy) is 4. The van der Waals surface area contributed by atoms with Crippen LogP contribution in [0.25, 0.3) is 0 Å². The van der Waals surface area contributed by atoms with Crippen LogP contribution in [0.3, 0.4) is 0 Å². The largest absolute Gasteiger partial charge is 0.369 e. The quantitative estimate of drug-likeness (QED) is 0.517. The highest BCUT2D eigenvalue weighted by Gasteiger charge is 2.35. The molecule has 0 aromatic heterocycles. The summed E-state index contributed by atoms with van der Waals surface area (Å²) in [5.41, 5.74) is 11.2. The molecule has 4 atom stereocenters. The molecular formula is C22H44N2O6. The van der Waals surface area contributed by atoms with Gasteiger partial charge in [-0.25, -0.2) is 0 Å². The van der Waals surface area contributed by atoms with Crippen LogP contribution in [0.1, 0.15) is 67.2 Å². The van der Waals surface area contributed by atoms with Crippen molar-refractivity contribution in [1.29, 1.82) is 0 Å². The summed E-state index contributed by atoms with van der Waals surface area (Å²) in [5, 5.41) is 0. The number of rotatable bonds is 11. The highest BCUT2D eigenvalue weighted by atomic mass is 16.7. The number of hydrogen-bond acceptors (Lipinski definition) is 6. The Morgan fingerprint density at radius 2 is 1.17 bits per heavy atom. The van der Waals surface area contributed by atoms with Gasteiger partial charge in [-0.1, -0.05) is 41.5 Å². The molecule has 4 N–H and O–H groups in total. The molecule has 30 heavy (non-hydrogen) atoms. The summed E-state index contributed by atoms with van der Waals surface area (Å²) < 4.78 is 22.4. The van der Waals surface area contributed by atoms with Crippen molar-refractivity contribution in [2.24, 2.45) is 35.1 Å². The molecule has 178 valence electrons. The van der Waals surface area contributed by atoms with E-state index in [9.17, 15) is 9.59 Å². The van der Waals surface area contributed by atoms with Gasteiger partial charge in [0.2, 0.25) is 11.8 Å². The van der Waals surface area contributed by atoms with Gasteiger partial charge in [0.05, 0.1) is 26.4 Å². The van der Waals surface area contributed by atoms with Gasteiger partial charge in [-0.15, -0.1) is 0 Å². The van der Waals surface area contributed by atoms with E-state index in [1.165, 1.54) is 0 Å². The Hall–Kier alpha value is -1.22. The Labute approximate surface area is 182 Å². The maximum atomic E-state index is 12.1. The normalized spacial score (nSPS) is 20.9. The average Bonchev–Trinajstić information content (AvgIpc) is 3.47. The number of carbonyl (C=O) groups is 2. The van der Waals surface area contributed by atoms with Gasteiger partial charge < -0.3 is 30.4 Å². The Kier molecular flexibility index (Phi) is 15.8. The minimum absolute atomic E-state index is 0.0409. The van der Waals surface area contributed by atoms with E-state index in [2.05, 4.69) is 0 Å².